The summed E-state index contributed by atoms with van der Waals surface area (Å²) in [6.07, 6.45) is 3.22. The molecule has 0 saturated carbocycles. The molecule has 2 aliphatic rings. The van der Waals surface area contributed by atoms with E-state index in [0.29, 0.717) is 17.9 Å². The van der Waals surface area contributed by atoms with E-state index < -0.39 is 0 Å². The van der Waals surface area contributed by atoms with E-state index in [2.05, 4.69) is 57.3 Å². The van der Waals surface area contributed by atoms with Crippen LogP contribution in [-0.2, 0) is 6.42 Å². The zero-order chi connectivity index (χ0) is 20.2. The lowest BCUT2D eigenvalue weighted by molar-refractivity contribution is -0.787. The second-order valence-electron chi connectivity index (χ2n) is 10.6. The molecule has 4 N–H and O–H groups in total. The van der Waals surface area contributed by atoms with Crippen molar-refractivity contribution in [2.45, 2.75) is 91.3 Å². The lowest BCUT2D eigenvalue weighted by Crippen LogP contribution is -3.06. The highest BCUT2D eigenvalue weighted by Crippen LogP contribution is 2.38. The van der Waals surface area contributed by atoms with Gasteiger partial charge in [0.1, 0.15) is 5.76 Å². The fourth-order valence-electron chi connectivity index (χ4n) is 5.29. The van der Waals surface area contributed by atoms with E-state index in [4.69, 9.17) is 4.42 Å². The standard InChI is InChI=1S/C21H33N3O3/c1-12-16-14(23-26)10-19(2,3)11-15(16)27-17(12)18(25)22-13-8-20(4,5)24-21(6,7)9-13/h13,24,26H,8-11H2,1-7H3,(H,22,25)/p+1. The minimum absolute atomic E-state index is 0.0557. The van der Waals surface area contributed by atoms with Gasteiger partial charge in [0.2, 0.25) is 0 Å². The van der Waals surface area contributed by atoms with Crippen LogP contribution in [0, 0.1) is 12.3 Å². The molecule has 0 spiro atoms. The maximum atomic E-state index is 13.0. The Morgan fingerprint density at radius 2 is 1.74 bits per heavy atom. The summed E-state index contributed by atoms with van der Waals surface area (Å²) < 4.78 is 6.00. The molecular weight excluding hydrogens is 342 g/mol. The van der Waals surface area contributed by atoms with Crippen LogP contribution in [0.1, 0.15) is 88.2 Å². The second-order valence-corrected chi connectivity index (χ2v) is 10.6. The van der Waals surface area contributed by atoms with Crippen LogP contribution < -0.4 is 10.6 Å². The number of amides is 1. The van der Waals surface area contributed by atoms with Gasteiger partial charge in [-0.1, -0.05) is 19.0 Å². The monoisotopic (exact) mass is 376 g/mol. The smallest absolute Gasteiger partial charge is 0.287 e. The number of nitrogens with zero attached hydrogens (tertiary/aromatic N) is 1. The number of fused-ring (bicyclic) bond motifs is 1. The summed E-state index contributed by atoms with van der Waals surface area (Å²) in [7, 11) is 0. The van der Waals surface area contributed by atoms with E-state index >= 15 is 0 Å². The summed E-state index contributed by atoms with van der Waals surface area (Å²) >= 11 is 0. The van der Waals surface area contributed by atoms with Crippen molar-refractivity contribution in [1.29, 1.82) is 0 Å². The molecular formula is C21H34N3O3+. The van der Waals surface area contributed by atoms with Crippen LogP contribution in [0.4, 0.5) is 0 Å². The third kappa shape index (κ3) is 4.05. The Hall–Kier alpha value is -1.82. The second kappa shape index (κ2) is 6.36. The number of hydrogen-bond acceptors (Lipinski definition) is 4. The fraction of sp³-hybridized carbons (Fsp3) is 0.714. The number of carbonyl (C=O) groups is 1. The van der Waals surface area contributed by atoms with Crippen molar-refractivity contribution in [3.05, 3.63) is 22.6 Å². The summed E-state index contributed by atoms with van der Waals surface area (Å²) in [5.74, 6) is 0.929. The summed E-state index contributed by atoms with van der Waals surface area (Å²) in [4.78, 5) is 13.0. The molecule has 1 saturated heterocycles. The van der Waals surface area contributed by atoms with Crippen molar-refractivity contribution in [2.24, 2.45) is 10.6 Å². The highest BCUT2D eigenvalue weighted by atomic mass is 16.4. The van der Waals surface area contributed by atoms with Crippen molar-refractivity contribution >= 4 is 11.6 Å². The number of nitrogens with one attached hydrogen (secondary N) is 1. The van der Waals surface area contributed by atoms with Gasteiger partial charge in [-0.15, -0.1) is 0 Å². The minimum Gasteiger partial charge on any atom is -0.455 e. The van der Waals surface area contributed by atoms with Crippen molar-refractivity contribution in [2.75, 3.05) is 0 Å². The minimum atomic E-state index is -0.171. The molecule has 0 atom stereocenters. The van der Waals surface area contributed by atoms with E-state index in [1.807, 2.05) is 6.92 Å². The van der Waals surface area contributed by atoms with Gasteiger partial charge in [0.05, 0.1) is 16.8 Å². The summed E-state index contributed by atoms with van der Waals surface area (Å²) in [5, 5.41) is 18.5. The summed E-state index contributed by atoms with van der Waals surface area (Å²) in [6.45, 7) is 15.0. The first-order valence-electron chi connectivity index (χ1n) is 9.84. The molecule has 1 aliphatic heterocycles. The van der Waals surface area contributed by atoms with Crippen LogP contribution in [0.5, 0.6) is 0 Å². The molecule has 150 valence electrons. The Morgan fingerprint density at radius 3 is 2.30 bits per heavy atom. The largest absolute Gasteiger partial charge is 0.455 e. The average molecular weight is 377 g/mol. The maximum absolute atomic E-state index is 13.0. The van der Waals surface area contributed by atoms with Crippen LogP contribution in [0.3, 0.4) is 0 Å². The number of nitrogens with two attached hydrogens (primary N) is 1. The molecule has 1 aliphatic carbocycles. The van der Waals surface area contributed by atoms with Crippen molar-refractivity contribution in [3.63, 3.8) is 0 Å². The highest BCUT2D eigenvalue weighted by Gasteiger charge is 2.43. The molecule has 1 fully saturated rings. The number of carbonyl (C=O) groups excluding carboxylic acids is 1. The van der Waals surface area contributed by atoms with Crippen LogP contribution in [0.25, 0.3) is 0 Å². The first-order chi connectivity index (χ1) is 12.3. The number of quaternary nitrogens is 1. The van der Waals surface area contributed by atoms with Crippen LogP contribution >= 0.6 is 0 Å². The number of piperidine rings is 1. The normalized spacial score (nSPS) is 25.2. The molecule has 1 aromatic heterocycles. The van der Waals surface area contributed by atoms with Crippen molar-refractivity contribution in [3.8, 4) is 0 Å². The lowest BCUT2D eigenvalue weighted by atomic mass is 9.75. The Labute approximate surface area is 161 Å². The first-order valence-corrected chi connectivity index (χ1v) is 9.84. The molecule has 2 heterocycles. The molecule has 6 nitrogen and oxygen atoms in total. The molecule has 1 aromatic rings. The molecule has 27 heavy (non-hydrogen) atoms. The summed E-state index contributed by atoms with van der Waals surface area (Å²) in [5.41, 5.74) is 2.29. The Bertz CT molecular complexity index is 771. The molecule has 3 rings (SSSR count). The van der Waals surface area contributed by atoms with Crippen LogP contribution in [0.2, 0.25) is 0 Å². The maximum Gasteiger partial charge on any atom is 0.287 e. The number of furan rings is 1. The van der Waals surface area contributed by atoms with Gasteiger partial charge in [-0.05, 0) is 46.5 Å². The predicted molar refractivity (Wildman–Crippen MR) is 104 cm³/mol. The van der Waals surface area contributed by atoms with E-state index in [1.54, 1.807) is 0 Å². The number of hydrogen-bond donors (Lipinski definition) is 3. The summed E-state index contributed by atoms with van der Waals surface area (Å²) in [6, 6.07) is 0.108. The third-order valence-electron chi connectivity index (χ3n) is 5.78. The van der Waals surface area contributed by atoms with Gasteiger partial charge in [-0.3, -0.25) is 4.79 Å². The third-order valence-corrected chi connectivity index (χ3v) is 5.78. The van der Waals surface area contributed by atoms with Crippen LogP contribution in [-0.4, -0.2) is 33.9 Å². The van der Waals surface area contributed by atoms with Gasteiger partial charge in [0.25, 0.3) is 5.91 Å². The van der Waals surface area contributed by atoms with Gasteiger partial charge < -0.3 is 20.3 Å². The number of oxime groups is 1. The number of rotatable bonds is 2. The zero-order valence-corrected chi connectivity index (χ0v) is 17.7. The molecule has 0 radical (unpaired) electrons. The fourth-order valence-corrected chi connectivity index (χ4v) is 5.29. The van der Waals surface area contributed by atoms with E-state index in [-0.39, 0.29) is 28.4 Å². The Kier molecular flexibility index (Phi) is 4.70. The topological polar surface area (TPSA) is 91.4 Å². The highest BCUT2D eigenvalue weighted by molar-refractivity contribution is 6.06. The predicted octanol–water partition coefficient (Wildman–Crippen LogP) is 2.75. The zero-order valence-electron chi connectivity index (χ0n) is 17.7. The van der Waals surface area contributed by atoms with Gasteiger partial charge in [-0.25, -0.2) is 0 Å². The first kappa shape index (κ1) is 19.9. The molecule has 0 bridgehead atoms. The Morgan fingerprint density at radius 1 is 1.15 bits per heavy atom. The van der Waals surface area contributed by atoms with E-state index in [1.165, 1.54) is 0 Å². The van der Waals surface area contributed by atoms with E-state index in [0.717, 1.165) is 36.1 Å². The SMILES string of the molecule is Cc1c(C(=O)NC2CC(C)(C)[NH2+]C(C)(C)C2)oc2c1C(=NO)CC(C)(C)C2. The van der Waals surface area contributed by atoms with E-state index in [9.17, 15) is 10.0 Å². The van der Waals surface area contributed by atoms with Crippen molar-refractivity contribution in [1.82, 2.24) is 5.32 Å². The van der Waals surface area contributed by atoms with Gasteiger partial charge >= 0.3 is 0 Å². The van der Waals surface area contributed by atoms with Crippen molar-refractivity contribution < 1.29 is 19.7 Å². The average Bonchev–Trinajstić information content (AvgIpc) is 2.78. The Balaban J connectivity index is 1.86. The van der Waals surface area contributed by atoms with Crippen LogP contribution in [0.15, 0.2) is 9.57 Å². The molecule has 1 amide bonds. The quantitative estimate of drug-likeness (QED) is 0.547. The van der Waals surface area contributed by atoms with Gasteiger partial charge in [0.15, 0.2) is 5.76 Å². The molecule has 0 unspecified atom stereocenters. The molecule has 6 heteroatoms. The van der Waals surface area contributed by atoms with Gasteiger partial charge in [0, 0.05) is 36.4 Å². The van der Waals surface area contributed by atoms with Gasteiger partial charge in [-0.2, -0.15) is 0 Å². The lowest BCUT2D eigenvalue weighted by Gasteiger charge is -2.43. The molecule has 0 aromatic carbocycles.